The number of morpholine rings is 1. The molecule has 2 fully saturated rings. The van der Waals surface area contributed by atoms with E-state index in [2.05, 4.69) is 6.92 Å². The van der Waals surface area contributed by atoms with Crippen molar-refractivity contribution in [3.63, 3.8) is 0 Å². The Bertz CT molecular complexity index is 336. The molecular formula is C14H23NO4. The minimum absolute atomic E-state index is 0.0223. The van der Waals surface area contributed by atoms with Crippen LogP contribution < -0.4 is 0 Å². The summed E-state index contributed by atoms with van der Waals surface area (Å²) >= 11 is 0. The van der Waals surface area contributed by atoms with E-state index in [0.29, 0.717) is 19.7 Å². The van der Waals surface area contributed by atoms with Crippen LogP contribution in [0.25, 0.3) is 0 Å². The molecule has 108 valence electrons. The Morgan fingerprint density at radius 2 is 1.95 bits per heavy atom. The van der Waals surface area contributed by atoms with Crippen molar-refractivity contribution in [3.8, 4) is 0 Å². The van der Waals surface area contributed by atoms with E-state index in [9.17, 15) is 9.59 Å². The molecule has 1 saturated heterocycles. The molecule has 0 bridgehead atoms. The van der Waals surface area contributed by atoms with Gasteiger partial charge in [-0.3, -0.25) is 9.59 Å². The minimum Gasteiger partial charge on any atom is -0.481 e. The van der Waals surface area contributed by atoms with Gasteiger partial charge in [-0.2, -0.15) is 0 Å². The molecule has 0 radical (unpaired) electrons. The lowest BCUT2D eigenvalue weighted by Crippen LogP contribution is -2.48. The Kier molecular flexibility index (Phi) is 4.80. The Morgan fingerprint density at radius 1 is 1.26 bits per heavy atom. The fourth-order valence-electron chi connectivity index (χ4n) is 3.00. The van der Waals surface area contributed by atoms with Gasteiger partial charge < -0.3 is 14.7 Å². The number of ether oxygens (including phenoxy) is 1. The van der Waals surface area contributed by atoms with Gasteiger partial charge in [-0.05, 0) is 31.6 Å². The summed E-state index contributed by atoms with van der Waals surface area (Å²) in [6, 6.07) is 0. The van der Waals surface area contributed by atoms with Crippen LogP contribution in [0, 0.1) is 11.8 Å². The summed E-state index contributed by atoms with van der Waals surface area (Å²) in [5, 5.41) is 8.79. The summed E-state index contributed by atoms with van der Waals surface area (Å²) in [6.45, 7) is 3.71. The maximum atomic E-state index is 12.4. The van der Waals surface area contributed by atoms with Gasteiger partial charge in [-0.25, -0.2) is 0 Å². The standard InChI is InChI=1S/C14H23NO4/c1-10-2-4-11(5-3-10)14(18)15-6-7-19-12(9-15)8-13(16)17/h10-12H,2-9H2,1H3,(H,16,17). The number of aliphatic carboxylic acids is 1. The van der Waals surface area contributed by atoms with Gasteiger partial charge in [-0.1, -0.05) is 6.92 Å². The van der Waals surface area contributed by atoms with E-state index in [-0.39, 0.29) is 24.3 Å². The molecule has 2 aliphatic rings. The van der Waals surface area contributed by atoms with Crippen LogP contribution >= 0.6 is 0 Å². The van der Waals surface area contributed by atoms with Crippen LogP contribution in [-0.2, 0) is 14.3 Å². The van der Waals surface area contributed by atoms with Gasteiger partial charge in [0.25, 0.3) is 0 Å². The highest BCUT2D eigenvalue weighted by Crippen LogP contribution is 2.30. The first-order valence-corrected chi connectivity index (χ1v) is 7.18. The summed E-state index contributed by atoms with van der Waals surface area (Å²) in [6.07, 6.45) is 3.82. The highest BCUT2D eigenvalue weighted by atomic mass is 16.5. The Labute approximate surface area is 113 Å². The van der Waals surface area contributed by atoms with Gasteiger partial charge in [0, 0.05) is 19.0 Å². The summed E-state index contributed by atoms with van der Waals surface area (Å²) in [5.74, 6) is 0.199. The molecule has 1 N–H and O–H groups in total. The highest BCUT2D eigenvalue weighted by Gasteiger charge is 2.31. The van der Waals surface area contributed by atoms with Gasteiger partial charge in [0.05, 0.1) is 19.1 Å². The van der Waals surface area contributed by atoms with Crippen molar-refractivity contribution in [1.29, 1.82) is 0 Å². The first kappa shape index (κ1) is 14.3. The lowest BCUT2D eigenvalue weighted by atomic mass is 9.82. The van der Waals surface area contributed by atoms with Crippen molar-refractivity contribution in [2.45, 2.75) is 45.1 Å². The van der Waals surface area contributed by atoms with E-state index in [1.807, 2.05) is 0 Å². The van der Waals surface area contributed by atoms with Crippen LogP contribution in [0.2, 0.25) is 0 Å². The van der Waals surface area contributed by atoms with Crippen LogP contribution in [-0.4, -0.2) is 47.7 Å². The number of hydrogen-bond donors (Lipinski definition) is 1. The monoisotopic (exact) mass is 269 g/mol. The quantitative estimate of drug-likeness (QED) is 0.843. The maximum absolute atomic E-state index is 12.4. The summed E-state index contributed by atoms with van der Waals surface area (Å²) in [5.41, 5.74) is 0. The van der Waals surface area contributed by atoms with Crippen LogP contribution in [0.4, 0.5) is 0 Å². The van der Waals surface area contributed by atoms with E-state index in [1.165, 1.54) is 0 Å². The number of nitrogens with zero attached hydrogens (tertiary/aromatic N) is 1. The van der Waals surface area contributed by atoms with Gasteiger partial charge in [0.1, 0.15) is 0 Å². The van der Waals surface area contributed by atoms with Gasteiger partial charge in [-0.15, -0.1) is 0 Å². The molecule has 0 spiro atoms. The zero-order valence-electron chi connectivity index (χ0n) is 11.5. The molecule has 1 aliphatic heterocycles. The van der Waals surface area contributed by atoms with Crippen molar-refractivity contribution < 1.29 is 19.4 Å². The molecule has 1 atom stereocenters. The molecular weight excluding hydrogens is 246 g/mol. The summed E-state index contributed by atoms with van der Waals surface area (Å²) in [7, 11) is 0. The lowest BCUT2D eigenvalue weighted by Gasteiger charge is -2.36. The Morgan fingerprint density at radius 3 is 2.58 bits per heavy atom. The minimum atomic E-state index is -0.870. The predicted octanol–water partition coefficient (Wildman–Crippen LogP) is 1.51. The molecule has 1 heterocycles. The molecule has 19 heavy (non-hydrogen) atoms. The van der Waals surface area contributed by atoms with Crippen molar-refractivity contribution >= 4 is 11.9 Å². The highest BCUT2D eigenvalue weighted by molar-refractivity contribution is 5.79. The predicted molar refractivity (Wildman–Crippen MR) is 69.7 cm³/mol. The van der Waals surface area contributed by atoms with Crippen LogP contribution in [0.15, 0.2) is 0 Å². The van der Waals surface area contributed by atoms with Crippen LogP contribution in [0.1, 0.15) is 39.0 Å². The smallest absolute Gasteiger partial charge is 0.306 e. The van der Waals surface area contributed by atoms with Crippen molar-refractivity contribution in [2.75, 3.05) is 19.7 Å². The third-order valence-electron chi connectivity index (χ3n) is 4.22. The number of carboxylic acid groups (broad SMARTS) is 1. The number of carbonyl (C=O) groups is 2. The largest absolute Gasteiger partial charge is 0.481 e. The number of rotatable bonds is 3. The molecule has 0 aromatic heterocycles. The van der Waals surface area contributed by atoms with Crippen molar-refractivity contribution in [1.82, 2.24) is 4.90 Å². The number of carboxylic acids is 1. The van der Waals surface area contributed by atoms with Gasteiger partial charge in [0.2, 0.25) is 5.91 Å². The molecule has 0 aromatic carbocycles. The molecule has 1 aliphatic carbocycles. The molecule has 5 heteroatoms. The van der Waals surface area contributed by atoms with E-state index >= 15 is 0 Å². The van der Waals surface area contributed by atoms with Gasteiger partial charge in [0.15, 0.2) is 0 Å². The fourth-order valence-corrected chi connectivity index (χ4v) is 3.00. The van der Waals surface area contributed by atoms with Crippen LogP contribution in [0.5, 0.6) is 0 Å². The van der Waals surface area contributed by atoms with E-state index < -0.39 is 5.97 Å². The second-order valence-corrected chi connectivity index (χ2v) is 5.83. The summed E-state index contributed by atoms with van der Waals surface area (Å²) in [4.78, 5) is 24.9. The zero-order valence-corrected chi connectivity index (χ0v) is 11.5. The van der Waals surface area contributed by atoms with Crippen molar-refractivity contribution in [3.05, 3.63) is 0 Å². The number of hydrogen-bond acceptors (Lipinski definition) is 3. The third-order valence-corrected chi connectivity index (χ3v) is 4.22. The molecule has 5 nitrogen and oxygen atoms in total. The molecule has 1 amide bonds. The Balaban J connectivity index is 1.86. The molecule has 1 saturated carbocycles. The second-order valence-electron chi connectivity index (χ2n) is 5.83. The molecule has 0 aromatic rings. The average molecular weight is 269 g/mol. The Hall–Kier alpha value is -1.10. The van der Waals surface area contributed by atoms with E-state index in [0.717, 1.165) is 31.6 Å². The zero-order chi connectivity index (χ0) is 13.8. The normalized spacial score (nSPS) is 32.1. The number of amides is 1. The molecule has 1 unspecified atom stereocenters. The second kappa shape index (κ2) is 6.37. The third kappa shape index (κ3) is 3.93. The number of carbonyl (C=O) groups excluding carboxylic acids is 1. The van der Waals surface area contributed by atoms with Crippen molar-refractivity contribution in [2.24, 2.45) is 11.8 Å². The fraction of sp³-hybridized carbons (Fsp3) is 0.857. The lowest BCUT2D eigenvalue weighted by molar-refractivity contribution is -0.150. The van der Waals surface area contributed by atoms with Gasteiger partial charge >= 0.3 is 5.97 Å². The van der Waals surface area contributed by atoms with E-state index in [4.69, 9.17) is 9.84 Å². The topological polar surface area (TPSA) is 66.8 Å². The molecule has 2 rings (SSSR count). The maximum Gasteiger partial charge on any atom is 0.306 e. The SMILES string of the molecule is CC1CCC(C(=O)N2CCOC(CC(=O)O)C2)CC1. The van der Waals surface area contributed by atoms with E-state index in [1.54, 1.807) is 4.90 Å². The van der Waals surface area contributed by atoms with Crippen LogP contribution in [0.3, 0.4) is 0 Å². The first-order chi connectivity index (χ1) is 9.06. The summed E-state index contributed by atoms with van der Waals surface area (Å²) < 4.78 is 5.40. The first-order valence-electron chi connectivity index (χ1n) is 7.18. The average Bonchev–Trinajstić information content (AvgIpc) is 2.38.